The molecule has 0 fully saturated rings. The van der Waals surface area contributed by atoms with E-state index in [2.05, 4.69) is 62.5 Å². The van der Waals surface area contributed by atoms with Gasteiger partial charge in [-0.2, -0.15) is 0 Å². The number of hydrogen-bond acceptors (Lipinski definition) is 1. The van der Waals surface area contributed by atoms with E-state index in [0.29, 0.717) is 11.8 Å². The van der Waals surface area contributed by atoms with Crippen LogP contribution in [0.25, 0.3) is 0 Å². The van der Waals surface area contributed by atoms with Crippen LogP contribution in [0.4, 0.5) is 10.1 Å². The van der Waals surface area contributed by atoms with Gasteiger partial charge in [-0.15, -0.1) is 0 Å². The Bertz CT molecular complexity index is 783. The highest BCUT2D eigenvalue weighted by atomic mass is 19.1. The van der Waals surface area contributed by atoms with Crippen LogP contribution in [-0.4, -0.2) is 0 Å². The number of rotatable bonds is 1. The van der Waals surface area contributed by atoms with Crippen LogP contribution in [0.15, 0.2) is 54.6 Å². The van der Waals surface area contributed by atoms with Gasteiger partial charge < -0.3 is 5.32 Å². The first kappa shape index (κ1) is 15.4. The van der Waals surface area contributed by atoms with Crippen LogP contribution in [0.5, 0.6) is 0 Å². The second kappa shape index (κ2) is 5.47. The largest absolute Gasteiger partial charge is 0.378 e. The van der Waals surface area contributed by atoms with E-state index in [1.807, 2.05) is 6.07 Å². The Morgan fingerprint density at radius 1 is 1.04 bits per heavy atom. The van der Waals surface area contributed by atoms with Crippen molar-refractivity contribution in [1.82, 2.24) is 0 Å². The molecule has 1 heterocycles. The highest BCUT2D eigenvalue weighted by Crippen LogP contribution is 2.49. The molecule has 1 N–H and O–H groups in total. The molecule has 0 radical (unpaired) electrons. The SMILES string of the molecule is CC(C)(C)c1ccc([C@@H]2Nc3ccc(F)cc3[C@@H]3C=CC[C@H]32)cc1. The van der Waals surface area contributed by atoms with Crippen LogP contribution in [0, 0.1) is 11.7 Å². The van der Waals surface area contributed by atoms with Gasteiger partial charge in [-0.05, 0) is 52.6 Å². The number of allylic oxidation sites excluding steroid dienone is 2. The lowest BCUT2D eigenvalue weighted by Crippen LogP contribution is -2.29. The maximum atomic E-state index is 13.7. The molecule has 2 heteroatoms. The third-order valence-corrected chi connectivity index (χ3v) is 5.46. The first-order chi connectivity index (χ1) is 11.4. The Kier molecular flexibility index (Phi) is 3.52. The molecule has 0 amide bonds. The summed E-state index contributed by atoms with van der Waals surface area (Å²) in [6.07, 6.45) is 5.53. The van der Waals surface area contributed by atoms with Gasteiger partial charge in [0.05, 0.1) is 6.04 Å². The summed E-state index contributed by atoms with van der Waals surface area (Å²) in [4.78, 5) is 0. The summed E-state index contributed by atoms with van der Waals surface area (Å²) in [6.45, 7) is 6.72. The van der Waals surface area contributed by atoms with Crippen molar-refractivity contribution in [3.8, 4) is 0 Å². The maximum Gasteiger partial charge on any atom is 0.123 e. The molecule has 124 valence electrons. The molecular weight excluding hydrogens is 297 g/mol. The van der Waals surface area contributed by atoms with Gasteiger partial charge in [-0.25, -0.2) is 4.39 Å². The summed E-state index contributed by atoms with van der Waals surface area (Å²) < 4.78 is 13.7. The fraction of sp³-hybridized carbons (Fsp3) is 0.364. The van der Waals surface area contributed by atoms with E-state index >= 15 is 0 Å². The van der Waals surface area contributed by atoms with Crippen molar-refractivity contribution in [3.63, 3.8) is 0 Å². The molecule has 1 aliphatic carbocycles. The molecule has 0 bridgehead atoms. The molecule has 0 unspecified atom stereocenters. The Morgan fingerprint density at radius 2 is 1.79 bits per heavy atom. The van der Waals surface area contributed by atoms with Crippen LogP contribution in [-0.2, 0) is 5.41 Å². The van der Waals surface area contributed by atoms with E-state index in [4.69, 9.17) is 0 Å². The quantitative estimate of drug-likeness (QED) is 0.640. The summed E-state index contributed by atoms with van der Waals surface area (Å²) in [5.74, 6) is 0.617. The van der Waals surface area contributed by atoms with Crippen molar-refractivity contribution in [1.29, 1.82) is 0 Å². The normalized spacial score (nSPS) is 25.1. The number of nitrogens with one attached hydrogen (secondary N) is 1. The van der Waals surface area contributed by atoms with Gasteiger partial charge in [0, 0.05) is 11.6 Å². The first-order valence-corrected chi connectivity index (χ1v) is 8.76. The molecule has 0 aromatic heterocycles. The molecule has 2 aromatic rings. The van der Waals surface area contributed by atoms with E-state index in [9.17, 15) is 4.39 Å². The van der Waals surface area contributed by atoms with Crippen LogP contribution in [0.1, 0.15) is 55.8 Å². The van der Waals surface area contributed by atoms with Crippen molar-refractivity contribution in [2.75, 3.05) is 5.32 Å². The monoisotopic (exact) mass is 321 g/mol. The van der Waals surface area contributed by atoms with E-state index < -0.39 is 0 Å². The summed E-state index contributed by atoms with van der Waals surface area (Å²) in [5.41, 5.74) is 4.99. The fourth-order valence-corrected chi connectivity index (χ4v) is 4.09. The third-order valence-electron chi connectivity index (χ3n) is 5.46. The summed E-state index contributed by atoms with van der Waals surface area (Å²) in [7, 11) is 0. The van der Waals surface area contributed by atoms with Gasteiger partial charge in [0.2, 0.25) is 0 Å². The number of fused-ring (bicyclic) bond motifs is 3. The second-order valence-electron chi connectivity index (χ2n) is 8.08. The molecule has 0 saturated heterocycles. The maximum absolute atomic E-state index is 13.7. The fourth-order valence-electron chi connectivity index (χ4n) is 4.09. The molecule has 2 aromatic carbocycles. The number of halogens is 1. The third kappa shape index (κ3) is 2.54. The summed E-state index contributed by atoms with van der Waals surface area (Å²) in [6, 6.07) is 14.4. The molecule has 0 spiro atoms. The average Bonchev–Trinajstić information content (AvgIpc) is 3.03. The highest BCUT2D eigenvalue weighted by molar-refractivity contribution is 5.59. The van der Waals surface area contributed by atoms with Crippen LogP contribution in [0.2, 0.25) is 0 Å². The molecule has 4 rings (SSSR count). The number of benzene rings is 2. The number of anilines is 1. The van der Waals surface area contributed by atoms with E-state index in [-0.39, 0.29) is 17.3 Å². The minimum atomic E-state index is -0.150. The zero-order valence-electron chi connectivity index (χ0n) is 14.5. The zero-order chi connectivity index (χ0) is 16.9. The summed E-state index contributed by atoms with van der Waals surface area (Å²) >= 11 is 0. The Labute approximate surface area is 143 Å². The van der Waals surface area contributed by atoms with Crippen molar-refractivity contribution in [2.45, 2.75) is 44.6 Å². The topological polar surface area (TPSA) is 12.0 Å². The minimum absolute atomic E-state index is 0.150. The van der Waals surface area contributed by atoms with Gasteiger partial charge in [0.15, 0.2) is 0 Å². The van der Waals surface area contributed by atoms with E-state index in [1.54, 1.807) is 12.1 Å². The van der Waals surface area contributed by atoms with Gasteiger partial charge in [-0.1, -0.05) is 57.2 Å². The average molecular weight is 321 g/mol. The Morgan fingerprint density at radius 3 is 2.50 bits per heavy atom. The molecular formula is C22H24FN. The molecule has 1 nitrogen and oxygen atoms in total. The lowest BCUT2D eigenvalue weighted by molar-refractivity contribution is 0.424. The minimum Gasteiger partial charge on any atom is -0.378 e. The molecule has 3 atom stereocenters. The molecule has 2 aliphatic rings. The lowest BCUT2D eigenvalue weighted by Gasteiger charge is -2.37. The van der Waals surface area contributed by atoms with Gasteiger partial charge in [0.25, 0.3) is 0 Å². The van der Waals surface area contributed by atoms with E-state index in [0.717, 1.165) is 17.7 Å². The molecule has 24 heavy (non-hydrogen) atoms. The molecule has 1 aliphatic heterocycles. The second-order valence-corrected chi connectivity index (χ2v) is 8.08. The predicted octanol–water partition coefficient (Wildman–Crippen LogP) is 5.95. The standard InChI is InChI=1S/C22H24FN/c1-22(2,3)15-9-7-14(8-10-15)21-18-6-4-5-17(18)19-13-16(23)11-12-20(19)24-21/h4-5,7-13,17-18,21,24H,6H2,1-3H3/t17-,18-,21+/m1/s1. The van der Waals surface area contributed by atoms with Crippen molar-refractivity contribution in [2.24, 2.45) is 5.92 Å². The Balaban J connectivity index is 1.71. The van der Waals surface area contributed by atoms with Crippen LogP contribution >= 0.6 is 0 Å². The van der Waals surface area contributed by atoms with Gasteiger partial charge >= 0.3 is 0 Å². The van der Waals surface area contributed by atoms with Crippen LogP contribution in [0.3, 0.4) is 0 Å². The van der Waals surface area contributed by atoms with Crippen molar-refractivity contribution >= 4 is 5.69 Å². The first-order valence-electron chi connectivity index (χ1n) is 8.76. The zero-order valence-corrected chi connectivity index (χ0v) is 14.5. The predicted molar refractivity (Wildman–Crippen MR) is 97.9 cm³/mol. The van der Waals surface area contributed by atoms with Crippen LogP contribution < -0.4 is 5.32 Å². The van der Waals surface area contributed by atoms with Gasteiger partial charge in [-0.3, -0.25) is 0 Å². The lowest BCUT2D eigenvalue weighted by atomic mass is 9.76. The highest BCUT2D eigenvalue weighted by Gasteiger charge is 2.38. The summed E-state index contributed by atoms with van der Waals surface area (Å²) in [5, 5.41) is 3.66. The van der Waals surface area contributed by atoms with Crippen molar-refractivity contribution in [3.05, 3.63) is 77.1 Å². The molecule has 0 saturated carbocycles. The Hall–Kier alpha value is -2.09. The van der Waals surface area contributed by atoms with Crippen molar-refractivity contribution < 1.29 is 4.39 Å². The van der Waals surface area contributed by atoms with E-state index in [1.165, 1.54) is 11.1 Å². The van der Waals surface area contributed by atoms with Gasteiger partial charge in [0.1, 0.15) is 5.82 Å². The number of hydrogen-bond donors (Lipinski definition) is 1. The smallest absolute Gasteiger partial charge is 0.123 e.